The highest BCUT2D eigenvalue weighted by Crippen LogP contribution is 2.78. The van der Waals surface area contributed by atoms with Crippen molar-refractivity contribution in [2.75, 3.05) is 41.7 Å². The van der Waals surface area contributed by atoms with Gasteiger partial charge in [-0.15, -0.1) is 0 Å². The van der Waals surface area contributed by atoms with Crippen LogP contribution in [0.4, 0.5) is 0 Å². The minimum atomic E-state index is -0.930. The lowest BCUT2D eigenvalue weighted by Crippen LogP contribution is -2.53. The van der Waals surface area contributed by atoms with E-state index >= 15 is 0 Å². The number of rotatable bonds is 6. The van der Waals surface area contributed by atoms with Crippen LogP contribution in [-0.4, -0.2) is 84.9 Å². The van der Waals surface area contributed by atoms with Crippen molar-refractivity contribution in [3.8, 4) is 11.8 Å². The number of allylic oxidation sites excluding steroid dienone is 2. The van der Waals surface area contributed by atoms with Crippen LogP contribution in [0, 0.1) is 69.0 Å². The smallest absolute Gasteiger partial charge is 0.171 e. The third-order valence-corrected chi connectivity index (χ3v) is 20.0. The molecule has 0 bridgehead atoms. The minimum absolute atomic E-state index is 0.0161. The number of hydrogen-bond donors (Lipinski definition) is 4. The first-order chi connectivity index (χ1) is 27.7. The van der Waals surface area contributed by atoms with Gasteiger partial charge < -0.3 is 39.4 Å². The van der Waals surface area contributed by atoms with Gasteiger partial charge in [-0.05, 0) is 138 Å². The van der Waals surface area contributed by atoms with Gasteiger partial charge in [0.2, 0.25) is 0 Å². The Balaban J connectivity index is 0.000000150. The zero-order valence-corrected chi connectivity index (χ0v) is 36.6. The van der Waals surface area contributed by atoms with Crippen molar-refractivity contribution in [3.05, 3.63) is 34.4 Å². The number of aliphatic hydroxyl groups excluding tert-OH is 2. The van der Waals surface area contributed by atoms with E-state index in [9.17, 15) is 20.4 Å². The van der Waals surface area contributed by atoms with E-state index in [2.05, 4.69) is 25.7 Å². The number of methoxy groups -OCH3 is 4. The first-order valence-electron chi connectivity index (χ1n) is 23.2. The predicted octanol–water partition coefficient (Wildman–Crippen LogP) is 8.17. The van der Waals surface area contributed by atoms with Crippen LogP contribution in [0.1, 0.15) is 142 Å². The first kappa shape index (κ1) is 41.8. The standard InChI is InChI=1S/C25H38O4.C25H36O4/c2*1-22-10-7-19-18-8-11-24(28-2,29-3)15-17(18)5-6-20(19)21(22)16-23(12-13-23)25(22,27)9-4-14-26/h4,9,19-21,26-27H,5-8,10-16H2,1-3H3;19-21,26-27H,5-8,10-16H2,1-3H3/b9-4-;/t2*19?,20?,21?,22-,25+/m00/s1. The molecule has 10 rings (SSSR count). The molecule has 58 heavy (non-hydrogen) atoms. The first-order valence-corrected chi connectivity index (χ1v) is 23.2. The van der Waals surface area contributed by atoms with Gasteiger partial charge in [0.25, 0.3) is 0 Å². The average molecular weight is 803 g/mol. The Morgan fingerprint density at radius 3 is 1.57 bits per heavy atom. The summed E-state index contributed by atoms with van der Waals surface area (Å²) in [5.41, 5.74) is 4.73. The Kier molecular flexibility index (Phi) is 10.5. The van der Waals surface area contributed by atoms with Crippen molar-refractivity contribution >= 4 is 0 Å². The van der Waals surface area contributed by atoms with Gasteiger partial charge in [0.15, 0.2) is 11.6 Å². The molecule has 322 valence electrons. The normalized spacial score (nSPS) is 44.2. The third kappa shape index (κ3) is 5.75. The van der Waals surface area contributed by atoms with E-state index in [0.717, 1.165) is 103 Å². The zero-order valence-electron chi connectivity index (χ0n) is 36.6. The van der Waals surface area contributed by atoms with Gasteiger partial charge in [-0.1, -0.05) is 60.1 Å². The van der Waals surface area contributed by atoms with E-state index < -0.39 is 22.8 Å². The van der Waals surface area contributed by atoms with Crippen LogP contribution in [0.25, 0.3) is 0 Å². The Labute approximate surface area is 348 Å². The largest absolute Gasteiger partial charge is 0.392 e. The number of hydrogen-bond acceptors (Lipinski definition) is 8. The highest BCUT2D eigenvalue weighted by Gasteiger charge is 2.76. The van der Waals surface area contributed by atoms with Crippen LogP contribution in [0.5, 0.6) is 0 Å². The lowest BCUT2D eigenvalue weighted by atomic mass is 9.52. The van der Waals surface area contributed by atoms with Crippen LogP contribution in [-0.2, 0) is 18.9 Å². The fourth-order valence-electron chi connectivity index (χ4n) is 16.4. The molecular formula is C50H74O8. The SMILES string of the molecule is COC1(OC)CCC2=C(CCC3C2CC[C@@]2(C)C3CC3(CC3)[C@@]2(O)/C=C\CO)C1.COC1(OC)CCC2=C(CCC3C2CC[C@@]2(C)C3CC3(CC3)[C@@]2(O)C#CCO)C1. The van der Waals surface area contributed by atoms with Gasteiger partial charge in [-0.25, -0.2) is 0 Å². The molecule has 0 aliphatic heterocycles. The van der Waals surface area contributed by atoms with E-state index in [1.165, 1.54) is 25.7 Å². The Bertz CT molecular complexity index is 1770. The molecule has 0 amide bonds. The molecule has 4 N–H and O–H groups in total. The maximum absolute atomic E-state index is 12.0. The van der Waals surface area contributed by atoms with Gasteiger partial charge in [-0.3, -0.25) is 0 Å². The monoisotopic (exact) mass is 803 g/mol. The Morgan fingerprint density at radius 1 is 0.621 bits per heavy atom. The Hall–Kier alpha value is -1.54. The minimum Gasteiger partial charge on any atom is -0.392 e. The Morgan fingerprint density at radius 2 is 1.10 bits per heavy atom. The van der Waals surface area contributed by atoms with Crippen molar-refractivity contribution < 1.29 is 39.4 Å². The van der Waals surface area contributed by atoms with Gasteiger partial charge in [0.1, 0.15) is 12.2 Å². The van der Waals surface area contributed by atoms with E-state index in [1.807, 2.05) is 6.08 Å². The van der Waals surface area contributed by atoms with Crippen LogP contribution >= 0.6 is 0 Å². The maximum atomic E-state index is 12.0. The van der Waals surface area contributed by atoms with Gasteiger partial charge in [-0.2, -0.15) is 0 Å². The molecule has 0 saturated heterocycles. The topological polar surface area (TPSA) is 118 Å². The average Bonchev–Trinajstić information content (AvgIpc) is 4.19. The molecule has 10 aliphatic carbocycles. The van der Waals surface area contributed by atoms with E-state index in [0.29, 0.717) is 35.5 Å². The van der Waals surface area contributed by atoms with Gasteiger partial charge in [0, 0.05) is 75.8 Å². The molecule has 8 heteroatoms. The third-order valence-electron chi connectivity index (χ3n) is 20.0. The molecule has 8 nitrogen and oxygen atoms in total. The van der Waals surface area contributed by atoms with Crippen molar-refractivity contribution in [3.63, 3.8) is 0 Å². The van der Waals surface area contributed by atoms with Crippen molar-refractivity contribution in [1.29, 1.82) is 0 Å². The maximum Gasteiger partial charge on any atom is 0.171 e. The molecule has 0 radical (unpaired) electrons. The molecule has 6 saturated carbocycles. The quantitative estimate of drug-likeness (QED) is 0.121. The fourth-order valence-corrected chi connectivity index (χ4v) is 16.4. The van der Waals surface area contributed by atoms with Crippen molar-refractivity contribution in [1.82, 2.24) is 0 Å². The summed E-state index contributed by atoms with van der Waals surface area (Å²) in [7, 11) is 7.10. The number of aliphatic hydroxyl groups is 4. The summed E-state index contributed by atoms with van der Waals surface area (Å²) in [6.45, 7) is 4.51. The molecule has 6 unspecified atom stereocenters. The van der Waals surface area contributed by atoms with Crippen LogP contribution < -0.4 is 0 Å². The van der Waals surface area contributed by atoms with E-state index in [4.69, 9.17) is 18.9 Å². The van der Waals surface area contributed by atoms with Crippen molar-refractivity contribution in [2.24, 2.45) is 57.2 Å². The molecule has 10 atom stereocenters. The summed E-state index contributed by atoms with van der Waals surface area (Å²) in [5.74, 6) is 9.00. The fraction of sp³-hybridized carbons (Fsp3) is 0.840. The van der Waals surface area contributed by atoms with E-state index in [-0.39, 0.29) is 34.9 Å². The molecular weight excluding hydrogens is 729 g/mol. The summed E-state index contributed by atoms with van der Waals surface area (Å²) in [4.78, 5) is 0. The summed E-state index contributed by atoms with van der Waals surface area (Å²) < 4.78 is 23.1. The molecule has 6 fully saturated rings. The summed E-state index contributed by atoms with van der Waals surface area (Å²) >= 11 is 0. The highest BCUT2D eigenvalue weighted by molar-refractivity contribution is 5.38. The number of fused-ring (bicyclic) bond motifs is 8. The molecule has 10 aliphatic rings. The lowest BCUT2D eigenvalue weighted by Gasteiger charge is -2.54. The summed E-state index contributed by atoms with van der Waals surface area (Å²) in [6.07, 6.45) is 25.7. The molecule has 0 heterocycles. The number of ether oxygens (including phenoxy) is 4. The second-order valence-electron chi connectivity index (χ2n) is 21.5. The summed E-state index contributed by atoms with van der Waals surface area (Å²) in [6, 6.07) is 0. The van der Waals surface area contributed by atoms with E-state index in [1.54, 1.807) is 56.8 Å². The molecule has 0 aromatic carbocycles. The molecule has 0 aromatic rings. The summed E-state index contributed by atoms with van der Waals surface area (Å²) in [5, 5.41) is 42.6. The van der Waals surface area contributed by atoms with Crippen molar-refractivity contribution in [2.45, 2.75) is 165 Å². The highest BCUT2D eigenvalue weighted by atomic mass is 16.7. The molecule has 2 spiro atoms. The second-order valence-corrected chi connectivity index (χ2v) is 21.5. The van der Waals surface area contributed by atoms with Crippen LogP contribution in [0.15, 0.2) is 34.4 Å². The lowest BCUT2D eigenvalue weighted by molar-refractivity contribution is -0.213. The van der Waals surface area contributed by atoms with Crippen LogP contribution in [0.2, 0.25) is 0 Å². The zero-order chi connectivity index (χ0) is 41.0. The van der Waals surface area contributed by atoms with Crippen LogP contribution in [0.3, 0.4) is 0 Å². The molecule has 0 aromatic heterocycles. The van der Waals surface area contributed by atoms with Gasteiger partial charge >= 0.3 is 0 Å². The predicted molar refractivity (Wildman–Crippen MR) is 223 cm³/mol. The second kappa shape index (κ2) is 14.5. The van der Waals surface area contributed by atoms with Gasteiger partial charge in [0.05, 0.1) is 12.2 Å².